The molecule has 0 N–H and O–H groups in total. The second-order valence-electron chi connectivity index (χ2n) is 4.22. The molecule has 1 unspecified atom stereocenters. The van der Waals surface area contributed by atoms with E-state index in [9.17, 15) is 17.3 Å². The fourth-order valence-electron chi connectivity index (χ4n) is 1.84. The zero-order chi connectivity index (χ0) is 13.2. The van der Waals surface area contributed by atoms with Crippen LogP contribution in [0.5, 0.6) is 5.75 Å². The van der Waals surface area contributed by atoms with Crippen molar-refractivity contribution in [2.75, 3.05) is 13.2 Å². The summed E-state index contributed by atoms with van der Waals surface area (Å²) in [4.78, 5) is 0. The minimum Gasteiger partial charge on any atom is -0.488 e. The number of hydrogen-bond acceptors (Lipinski definition) is 2. The van der Waals surface area contributed by atoms with E-state index in [4.69, 9.17) is 9.47 Å². The van der Waals surface area contributed by atoms with Crippen LogP contribution in [-0.2, 0) is 4.74 Å². The Hall–Kier alpha value is 0.401. The Bertz CT molecular complexity index is 422. The van der Waals surface area contributed by atoms with E-state index < -0.39 is 18.3 Å². The fraction of sp³-hybridized carbons (Fsp3) is 0.455. The van der Waals surface area contributed by atoms with Gasteiger partial charge in [0.2, 0.25) is 0 Å². The molecule has 1 heterocycles. The Morgan fingerprint density at radius 2 is 2.00 bits per heavy atom. The van der Waals surface area contributed by atoms with Gasteiger partial charge in [-0.15, -0.1) is 0 Å². The molecule has 1 aliphatic rings. The van der Waals surface area contributed by atoms with Gasteiger partial charge in [0.15, 0.2) is 0 Å². The molecule has 2 nitrogen and oxygen atoms in total. The van der Waals surface area contributed by atoms with Crippen LogP contribution in [0.1, 0.15) is 12.8 Å². The van der Waals surface area contributed by atoms with Crippen LogP contribution in [0.15, 0.2) is 18.2 Å². The molecule has 1 aromatic carbocycles. The second-order valence-corrected chi connectivity index (χ2v) is 4.22. The third-order valence-electron chi connectivity index (χ3n) is 2.75. The molecule has 0 radical (unpaired) electrons. The van der Waals surface area contributed by atoms with Gasteiger partial charge in [0.25, 0.3) is 0 Å². The first-order chi connectivity index (χ1) is 8.47. The van der Waals surface area contributed by atoms with Gasteiger partial charge < -0.3 is 22.4 Å². The third kappa shape index (κ3) is 5.02. The van der Waals surface area contributed by atoms with E-state index in [1.807, 2.05) is 0 Å². The molecule has 1 atom stereocenters. The first kappa shape index (κ1) is 17.5. The van der Waals surface area contributed by atoms with E-state index in [-0.39, 0.29) is 63.2 Å². The van der Waals surface area contributed by atoms with Gasteiger partial charge >= 0.3 is 58.4 Å². The summed E-state index contributed by atoms with van der Waals surface area (Å²) in [5, 5.41) is 0. The van der Waals surface area contributed by atoms with Crippen LogP contribution < -0.4 is 61.6 Å². The van der Waals surface area contributed by atoms with Gasteiger partial charge in [-0.3, -0.25) is 0 Å². The van der Waals surface area contributed by atoms with E-state index in [1.165, 1.54) is 0 Å². The Labute approximate surface area is 151 Å². The van der Waals surface area contributed by atoms with E-state index in [1.54, 1.807) is 0 Å². The molecule has 100 valence electrons. The molecule has 8 heteroatoms. The number of benzene rings is 1. The summed E-state index contributed by atoms with van der Waals surface area (Å²) in [7, 11) is 0. The van der Waals surface area contributed by atoms with Crippen LogP contribution >= 0.6 is 0 Å². The van der Waals surface area contributed by atoms with Gasteiger partial charge in [-0.1, -0.05) is 11.5 Å². The van der Waals surface area contributed by atoms with Crippen molar-refractivity contribution in [3.05, 3.63) is 24.0 Å². The first-order valence-electron chi connectivity index (χ1n) is 5.70. The quantitative estimate of drug-likeness (QED) is 0.551. The van der Waals surface area contributed by atoms with Crippen molar-refractivity contribution in [2.24, 2.45) is 0 Å². The minimum atomic E-state index is -5.32. The smallest absolute Gasteiger partial charge is 0.488 e. The van der Waals surface area contributed by atoms with Gasteiger partial charge in [-0.05, 0) is 18.9 Å². The van der Waals surface area contributed by atoms with Crippen LogP contribution in [0.3, 0.4) is 0 Å². The van der Waals surface area contributed by atoms with Crippen molar-refractivity contribution in [3.63, 3.8) is 0 Å². The summed E-state index contributed by atoms with van der Waals surface area (Å²) < 4.78 is 61.0. The predicted molar refractivity (Wildman–Crippen MR) is 59.6 cm³/mol. The van der Waals surface area contributed by atoms with Gasteiger partial charge in [-0.2, -0.15) is 0 Å². The standard InChI is InChI=1S/C11H12BF4O2.K/c13-11-6-8(3-4-10(11)12(14,15)16)18-9-2-1-5-17-7-9;/h3-4,6,9H,1-2,5,7H2;/q-1;+1. The van der Waals surface area contributed by atoms with Crippen molar-refractivity contribution in [1.29, 1.82) is 0 Å². The van der Waals surface area contributed by atoms with Gasteiger partial charge in [0.05, 0.1) is 12.4 Å². The summed E-state index contributed by atoms with van der Waals surface area (Å²) in [6.07, 6.45) is 1.36. The number of rotatable bonds is 3. The summed E-state index contributed by atoms with van der Waals surface area (Å²) in [5.41, 5.74) is -1.22. The van der Waals surface area contributed by atoms with Crippen LogP contribution in [0.25, 0.3) is 0 Å². The fourth-order valence-corrected chi connectivity index (χ4v) is 1.84. The van der Waals surface area contributed by atoms with E-state index in [0.29, 0.717) is 19.3 Å². The molecule has 0 aliphatic carbocycles. The van der Waals surface area contributed by atoms with E-state index >= 15 is 0 Å². The number of ether oxygens (including phenoxy) is 2. The Kier molecular flexibility index (Phi) is 6.82. The zero-order valence-corrected chi connectivity index (χ0v) is 13.7. The maximum Gasteiger partial charge on any atom is 1.00 e. The predicted octanol–water partition coefficient (Wildman–Crippen LogP) is -0.558. The molecule has 1 aliphatic heterocycles. The molecule has 2 rings (SSSR count). The molecule has 1 aromatic rings. The molecule has 1 fully saturated rings. The third-order valence-corrected chi connectivity index (χ3v) is 2.75. The summed E-state index contributed by atoms with van der Waals surface area (Å²) in [6, 6.07) is 2.63. The van der Waals surface area contributed by atoms with E-state index in [0.717, 1.165) is 25.0 Å². The number of halogens is 4. The van der Waals surface area contributed by atoms with Crippen LogP contribution in [0, 0.1) is 5.82 Å². The maximum absolute atomic E-state index is 13.3. The van der Waals surface area contributed by atoms with Crippen molar-refractivity contribution < 1.29 is 78.2 Å². The van der Waals surface area contributed by atoms with Crippen molar-refractivity contribution >= 4 is 12.4 Å². The molecule has 0 amide bonds. The average molecular weight is 302 g/mol. The van der Waals surface area contributed by atoms with Crippen LogP contribution in [0.4, 0.5) is 17.3 Å². The molecule has 1 saturated heterocycles. The second kappa shape index (κ2) is 7.42. The summed E-state index contributed by atoms with van der Waals surface area (Å²) in [5.74, 6) is -1.19. The van der Waals surface area contributed by atoms with Gasteiger partial charge in [-0.25, -0.2) is 4.39 Å². The maximum atomic E-state index is 13.3. The van der Waals surface area contributed by atoms with Crippen molar-refractivity contribution in [1.82, 2.24) is 0 Å². The van der Waals surface area contributed by atoms with Gasteiger partial charge in [0, 0.05) is 12.7 Å². The SMILES string of the molecule is Fc1cc(OC2CCCOC2)ccc1[B-](F)(F)F.[K+]. The Morgan fingerprint density at radius 3 is 2.53 bits per heavy atom. The normalized spacial score (nSPS) is 19.7. The van der Waals surface area contributed by atoms with Crippen molar-refractivity contribution in [2.45, 2.75) is 18.9 Å². The Balaban J connectivity index is 0.00000180. The average Bonchev–Trinajstić information content (AvgIpc) is 2.28. The van der Waals surface area contributed by atoms with E-state index in [2.05, 4.69) is 0 Å². The van der Waals surface area contributed by atoms with Gasteiger partial charge in [0.1, 0.15) is 11.9 Å². The van der Waals surface area contributed by atoms with Crippen molar-refractivity contribution in [3.8, 4) is 5.75 Å². The monoisotopic (exact) mass is 302 g/mol. The van der Waals surface area contributed by atoms with Crippen LogP contribution in [0.2, 0.25) is 0 Å². The minimum absolute atomic E-state index is 0. The summed E-state index contributed by atoms with van der Waals surface area (Å²) in [6.45, 7) is -4.29. The number of hydrogen-bond donors (Lipinski definition) is 0. The molecule has 19 heavy (non-hydrogen) atoms. The zero-order valence-electron chi connectivity index (χ0n) is 10.5. The largest absolute Gasteiger partial charge is 1.00 e. The first-order valence-corrected chi connectivity index (χ1v) is 5.70. The molecular formula is C11H12BF4KO2. The molecule has 0 saturated carbocycles. The molecule has 0 spiro atoms. The molecule has 0 aromatic heterocycles. The Morgan fingerprint density at radius 1 is 1.26 bits per heavy atom. The van der Waals surface area contributed by atoms with Crippen LogP contribution in [-0.4, -0.2) is 26.3 Å². The molecular weight excluding hydrogens is 290 g/mol. The molecule has 0 bridgehead atoms. The topological polar surface area (TPSA) is 18.5 Å². The summed E-state index contributed by atoms with van der Waals surface area (Å²) >= 11 is 0.